The van der Waals surface area contributed by atoms with Crippen molar-refractivity contribution in [2.24, 2.45) is 0 Å². The number of nitrogens with one attached hydrogen (secondary N) is 1. The molecule has 8 heteroatoms. The van der Waals surface area contributed by atoms with Crippen LogP contribution in [0.3, 0.4) is 0 Å². The van der Waals surface area contributed by atoms with Gasteiger partial charge in [0.05, 0.1) is 13.2 Å². The number of ether oxygens (including phenoxy) is 1. The first kappa shape index (κ1) is 19.2. The minimum Gasteiger partial charge on any atom is -0.379 e. The van der Waals surface area contributed by atoms with Gasteiger partial charge in [-0.05, 0) is 36.2 Å². The summed E-state index contributed by atoms with van der Waals surface area (Å²) in [5, 5.41) is 11.4. The van der Waals surface area contributed by atoms with Crippen LogP contribution in [0.4, 0.5) is 5.82 Å². The zero-order valence-electron chi connectivity index (χ0n) is 15.7. The molecule has 1 fully saturated rings. The van der Waals surface area contributed by atoms with Crippen molar-refractivity contribution in [2.45, 2.75) is 6.42 Å². The molecule has 2 aromatic heterocycles. The highest BCUT2D eigenvalue weighted by Gasteiger charge is 2.14. The van der Waals surface area contributed by atoms with Crippen molar-refractivity contribution in [3.63, 3.8) is 0 Å². The first-order valence-corrected chi connectivity index (χ1v) is 9.24. The van der Waals surface area contributed by atoms with Crippen LogP contribution in [0, 0.1) is 0 Å². The van der Waals surface area contributed by atoms with Crippen molar-refractivity contribution < 1.29 is 9.53 Å². The monoisotopic (exact) mass is 370 g/mol. The topological polar surface area (TPSA) is 83.5 Å². The average molecular weight is 370 g/mol. The van der Waals surface area contributed by atoms with Crippen molar-refractivity contribution in [3.05, 3.63) is 47.9 Å². The van der Waals surface area contributed by atoms with Gasteiger partial charge in [0.25, 0.3) is 5.91 Å². The molecule has 144 valence electrons. The molecule has 1 amide bonds. The Morgan fingerprint density at radius 3 is 2.67 bits per heavy atom. The van der Waals surface area contributed by atoms with Gasteiger partial charge in [-0.2, -0.15) is 0 Å². The van der Waals surface area contributed by atoms with Crippen LogP contribution in [-0.4, -0.2) is 83.9 Å². The van der Waals surface area contributed by atoms with Gasteiger partial charge < -0.3 is 15.0 Å². The van der Waals surface area contributed by atoms with E-state index in [2.05, 4.69) is 25.4 Å². The molecule has 1 N–H and O–H groups in total. The smallest absolute Gasteiger partial charge is 0.274 e. The van der Waals surface area contributed by atoms with Crippen LogP contribution in [0.5, 0.6) is 0 Å². The Labute approximate surface area is 159 Å². The molecule has 1 aliphatic rings. The normalized spacial score (nSPS) is 14.7. The quantitative estimate of drug-likeness (QED) is 0.740. The Hall–Kier alpha value is -2.58. The Kier molecular flexibility index (Phi) is 7.06. The fourth-order valence-corrected chi connectivity index (χ4v) is 2.85. The second kappa shape index (κ2) is 9.94. The molecule has 3 heterocycles. The molecule has 0 atom stereocenters. The van der Waals surface area contributed by atoms with E-state index in [-0.39, 0.29) is 5.91 Å². The molecule has 0 unspecified atom stereocenters. The van der Waals surface area contributed by atoms with Gasteiger partial charge in [0.1, 0.15) is 5.82 Å². The molecule has 0 saturated carbocycles. The molecule has 0 bridgehead atoms. The van der Waals surface area contributed by atoms with Gasteiger partial charge in [0, 0.05) is 52.2 Å². The molecule has 0 aromatic carbocycles. The lowest BCUT2D eigenvalue weighted by Crippen LogP contribution is -2.39. The number of anilines is 1. The van der Waals surface area contributed by atoms with Crippen LogP contribution in [0.2, 0.25) is 0 Å². The number of carbonyl (C=O) groups excluding carboxylic acids is 1. The zero-order chi connectivity index (χ0) is 18.9. The lowest BCUT2D eigenvalue weighted by atomic mass is 10.2. The van der Waals surface area contributed by atoms with Crippen LogP contribution < -0.4 is 5.32 Å². The first-order chi connectivity index (χ1) is 13.2. The second-order valence-corrected chi connectivity index (χ2v) is 6.52. The van der Waals surface area contributed by atoms with Crippen molar-refractivity contribution in [3.8, 4) is 0 Å². The minimum absolute atomic E-state index is 0.128. The number of carbonyl (C=O) groups is 1. The number of hydrogen-bond acceptors (Lipinski definition) is 7. The predicted molar refractivity (Wildman–Crippen MR) is 103 cm³/mol. The summed E-state index contributed by atoms with van der Waals surface area (Å²) in [7, 11) is 1.78. The lowest BCUT2D eigenvalue weighted by Gasteiger charge is -2.26. The van der Waals surface area contributed by atoms with E-state index in [1.165, 1.54) is 0 Å². The maximum Gasteiger partial charge on any atom is 0.274 e. The summed E-state index contributed by atoms with van der Waals surface area (Å²) < 4.78 is 5.34. The molecular formula is C19H26N6O2. The maximum atomic E-state index is 12.5. The second-order valence-electron chi connectivity index (χ2n) is 6.52. The van der Waals surface area contributed by atoms with E-state index in [1.807, 2.05) is 12.1 Å². The maximum absolute atomic E-state index is 12.5. The molecular weight excluding hydrogens is 344 g/mol. The van der Waals surface area contributed by atoms with Crippen molar-refractivity contribution >= 4 is 11.7 Å². The van der Waals surface area contributed by atoms with Crippen LogP contribution in [-0.2, 0) is 11.2 Å². The van der Waals surface area contributed by atoms with E-state index in [9.17, 15) is 4.79 Å². The van der Waals surface area contributed by atoms with E-state index in [1.54, 1.807) is 36.5 Å². The summed E-state index contributed by atoms with van der Waals surface area (Å²) in [5.74, 6) is 0.552. The molecule has 2 aromatic rings. The van der Waals surface area contributed by atoms with Gasteiger partial charge in [0.2, 0.25) is 0 Å². The number of amides is 1. The zero-order valence-corrected chi connectivity index (χ0v) is 15.7. The van der Waals surface area contributed by atoms with Gasteiger partial charge in [-0.1, -0.05) is 0 Å². The van der Waals surface area contributed by atoms with Crippen molar-refractivity contribution in [2.75, 3.05) is 58.3 Å². The van der Waals surface area contributed by atoms with E-state index in [0.29, 0.717) is 18.1 Å². The molecule has 0 spiro atoms. The van der Waals surface area contributed by atoms with Crippen LogP contribution >= 0.6 is 0 Å². The molecule has 27 heavy (non-hydrogen) atoms. The summed E-state index contributed by atoms with van der Waals surface area (Å²) in [6.07, 6.45) is 4.29. The highest BCUT2D eigenvalue weighted by atomic mass is 16.5. The molecule has 0 aliphatic carbocycles. The highest BCUT2D eigenvalue weighted by molar-refractivity contribution is 5.92. The van der Waals surface area contributed by atoms with Crippen LogP contribution in [0.25, 0.3) is 0 Å². The number of nitrogens with zero attached hydrogens (tertiary/aromatic N) is 5. The lowest BCUT2D eigenvalue weighted by molar-refractivity contribution is 0.0398. The summed E-state index contributed by atoms with van der Waals surface area (Å²) >= 11 is 0. The molecule has 0 radical (unpaired) electrons. The fourth-order valence-electron chi connectivity index (χ4n) is 2.85. The number of aromatic nitrogens is 3. The summed E-state index contributed by atoms with van der Waals surface area (Å²) in [6, 6.07) is 7.43. The van der Waals surface area contributed by atoms with Crippen LogP contribution in [0.15, 0.2) is 36.7 Å². The first-order valence-electron chi connectivity index (χ1n) is 9.24. The Bertz CT molecular complexity index is 704. The van der Waals surface area contributed by atoms with Gasteiger partial charge in [-0.15, -0.1) is 10.2 Å². The third kappa shape index (κ3) is 5.97. The standard InChI is InChI=1S/C19H26N6O2/c1-24(10-6-16-4-7-20-8-5-16)19(26)17-2-3-18(23-22-17)21-9-11-25-12-14-27-15-13-25/h2-5,7-8H,6,9-15H2,1H3,(H,21,23). The minimum atomic E-state index is -0.128. The van der Waals surface area contributed by atoms with Crippen LogP contribution in [0.1, 0.15) is 16.1 Å². The number of pyridine rings is 1. The number of rotatable bonds is 8. The average Bonchev–Trinajstić information content (AvgIpc) is 2.73. The van der Waals surface area contributed by atoms with Crippen molar-refractivity contribution in [1.29, 1.82) is 0 Å². The van der Waals surface area contributed by atoms with Gasteiger partial charge in [-0.3, -0.25) is 14.7 Å². The summed E-state index contributed by atoms with van der Waals surface area (Å²) in [4.78, 5) is 20.5. The number of hydrogen-bond donors (Lipinski definition) is 1. The van der Waals surface area contributed by atoms with Gasteiger partial charge in [0.15, 0.2) is 5.69 Å². The SMILES string of the molecule is CN(CCc1ccncc1)C(=O)c1ccc(NCCN2CCOCC2)nn1. The third-order valence-electron chi connectivity index (χ3n) is 4.55. The van der Waals surface area contributed by atoms with E-state index >= 15 is 0 Å². The van der Waals surface area contributed by atoms with E-state index < -0.39 is 0 Å². The number of morpholine rings is 1. The number of likely N-dealkylation sites (N-methyl/N-ethyl adjacent to an activating group) is 1. The van der Waals surface area contributed by atoms with E-state index in [4.69, 9.17) is 4.74 Å². The Morgan fingerprint density at radius 2 is 1.96 bits per heavy atom. The molecule has 1 saturated heterocycles. The van der Waals surface area contributed by atoms with E-state index in [0.717, 1.165) is 51.4 Å². The largest absolute Gasteiger partial charge is 0.379 e. The molecule has 1 aliphatic heterocycles. The van der Waals surface area contributed by atoms with Gasteiger partial charge in [-0.25, -0.2) is 0 Å². The van der Waals surface area contributed by atoms with Gasteiger partial charge >= 0.3 is 0 Å². The summed E-state index contributed by atoms with van der Waals surface area (Å²) in [6.45, 7) is 5.86. The third-order valence-corrected chi connectivity index (χ3v) is 4.55. The molecule has 8 nitrogen and oxygen atoms in total. The van der Waals surface area contributed by atoms with Crippen molar-refractivity contribution in [1.82, 2.24) is 25.0 Å². The highest BCUT2D eigenvalue weighted by Crippen LogP contribution is 2.06. The Morgan fingerprint density at radius 1 is 1.19 bits per heavy atom. The summed E-state index contributed by atoms with van der Waals surface area (Å²) in [5.41, 5.74) is 1.50. The fraction of sp³-hybridized carbons (Fsp3) is 0.474. The predicted octanol–water partition coefficient (Wildman–Crippen LogP) is 0.930. The molecule has 3 rings (SSSR count). The Balaban J connectivity index is 1.43.